The van der Waals surface area contributed by atoms with E-state index in [-0.39, 0.29) is 0 Å². The highest BCUT2D eigenvalue weighted by Crippen LogP contribution is 2.24. The van der Waals surface area contributed by atoms with Crippen LogP contribution < -0.4 is 0 Å². The number of hydrogen-bond donors (Lipinski definition) is 1. The van der Waals surface area contributed by atoms with Gasteiger partial charge in [-0.15, -0.1) is 0 Å². The van der Waals surface area contributed by atoms with Gasteiger partial charge in [0.15, 0.2) is 0 Å². The van der Waals surface area contributed by atoms with Crippen molar-refractivity contribution in [3.8, 4) is 0 Å². The van der Waals surface area contributed by atoms with Crippen LogP contribution in [0.25, 0.3) is 0 Å². The molecular formula is C8H11NOS. The predicted octanol–water partition coefficient (Wildman–Crippen LogP) is 2.46. The lowest BCUT2D eigenvalue weighted by Gasteiger charge is -2.15. The molecule has 11 heavy (non-hydrogen) atoms. The van der Waals surface area contributed by atoms with Crippen molar-refractivity contribution in [3.05, 3.63) is 16.0 Å². The van der Waals surface area contributed by atoms with Crippen LogP contribution in [-0.4, -0.2) is 5.16 Å². The lowest BCUT2D eigenvalue weighted by Crippen LogP contribution is -2.09. The summed E-state index contributed by atoms with van der Waals surface area (Å²) in [4.78, 5) is 0. The molecule has 0 saturated carbocycles. The van der Waals surface area contributed by atoms with Crippen molar-refractivity contribution in [1.29, 1.82) is 0 Å². The molecule has 2 rings (SSSR count). The van der Waals surface area contributed by atoms with E-state index in [2.05, 4.69) is 12.1 Å². The minimum atomic E-state index is 0.659. The topological polar surface area (TPSA) is 28.9 Å². The van der Waals surface area contributed by atoms with Gasteiger partial charge in [0.25, 0.3) is 0 Å². The Bertz CT molecular complexity index is 312. The summed E-state index contributed by atoms with van der Waals surface area (Å²) in [5.74, 6) is 0.759. The highest BCUT2D eigenvalue weighted by atomic mass is 32.1. The zero-order valence-electron chi connectivity index (χ0n) is 6.52. The summed E-state index contributed by atoms with van der Waals surface area (Å²) in [5, 5.41) is 2.87. The van der Waals surface area contributed by atoms with Crippen LogP contribution in [0.15, 0.2) is 4.52 Å². The van der Waals surface area contributed by atoms with E-state index in [1.54, 1.807) is 0 Å². The third kappa shape index (κ3) is 1.13. The number of aryl methyl sites for hydroxylation is 1. The first-order valence-corrected chi connectivity index (χ1v) is 4.37. The van der Waals surface area contributed by atoms with Crippen molar-refractivity contribution >= 4 is 12.2 Å². The quantitative estimate of drug-likeness (QED) is 0.604. The summed E-state index contributed by atoms with van der Waals surface area (Å²) in [7, 11) is 0. The third-order valence-electron chi connectivity index (χ3n) is 2.32. The van der Waals surface area contributed by atoms with Crippen molar-refractivity contribution in [3.63, 3.8) is 0 Å². The zero-order chi connectivity index (χ0) is 7.84. The second-order valence-electron chi connectivity index (χ2n) is 3.30. The summed E-state index contributed by atoms with van der Waals surface area (Å²) in [6.07, 6.45) is 3.43. The van der Waals surface area contributed by atoms with Gasteiger partial charge in [-0.25, -0.2) is 5.16 Å². The Balaban J connectivity index is 2.45. The highest BCUT2D eigenvalue weighted by Gasteiger charge is 2.18. The first kappa shape index (κ1) is 7.10. The molecule has 1 aliphatic carbocycles. The molecule has 1 N–H and O–H groups in total. The molecule has 1 aromatic heterocycles. The Kier molecular flexibility index (Phi) is 1.60. The second-order valence-corrected chi connectivity index (χ2v) is 3.67. The monoisotopic (exact) mass is 169 g/mol. The van der Waals surface area contributed by atoms with Gasteiger partial charge in [0.1, 0.15) is 0 Å². The number of nitrogens with one attached hydrogen (secondary N) is 1. The molecule has 0 amide bonds. The predicted molar refractivity (Wildman–Crippen MR) is 45.1 cm³/mol. The fourth-order valence-corrected chi connectivity index (χ4v) is 1.85. The van der Waals surface area contributed by atoms with E-state index in [0.717, 1.165) is 18.8 Å². The lowest BCUT2D eigenvalue weighted by molar-refractivity contribution is 0.399. The molecule has 1 atom stereocenters. The van der Waals surface area contributed by atoms with Crippen molar-refractivity contribution in [1.82, 2.24) is 5.16 Å². The molecule has 0 saturated heterocycles. The fourth-order valence-electron chi connectivity index (χ4n) is 1.60. The summed E-state index contributed by atoms with van der Waals surface area (Å²) in [6.45, 7) is 2.25. The van der Waals surface area contributed by atoms with Crippen LogP contribution >= 0.6 is 12.2 Å². The van der Waals surface area contributed by atoms with Crippen molar-refractivity contribution in [2.45, 2.75) is 26.2 Å². The largest absolute Gasteiger partial charge is 0.370 e. The van der Waals surface area contributed by atoms with Crippen molar-refractivity contribution in [2.75, 3.05) is 0 Å². The Labute approximate surface area is 70.6 Å². The molecule has 0 bridgehead atoms. The van der Waals surface area contributed by atoms with Crippen LogP contribution in [0.2, 0.25) is 0 Å². The van der Waals surface area contributed by atoms with E-state index in [9.17, 15) is 0 Å². The molecule has 1 aliphatic rings. The maximum atomic E-state index is 5.06. The molecule has 0 aliphatic heterocycles. The first-order chi connectivity index (χ1) is 5.27. The van der Waals surface area contributed by atoms with Gasteiger partial charge in [0, 0.05) is 5.56 Å². The van der Waals surface area contributed by atoms with E-state index in [1.165, 1.54) is 17.7 Å². The third-order valence-corrected chi connectivity index (χ3v) is 2.65. The van der Waals surface area contributed by atoms with Gasteiger partial charge in [0.05, 0.1) is 5.69 Å². The minimum absolute atomic E-state index is 0.659. The van der Waals surface area contributed by atoms with Gasteiger partial charge < -0.3 is 4.52 Å². The normalized spacial score (nSPS) is 23.2. The van der Waals surface area contributed by atoms with Crippen LogP contribution in [0.1, 0.15) is 24.6 Å². The molecule has 0 radical (unpaired) electrons. The Morgan fingerprint density at radius 3 is 3.27 bits per heavy atom. The standard InChI is InChI=1S/C8H11NOS/c1-5-2-3-7-6(4-5)8(11)10-9-7/h5,9H,2-4H2,1H3. The molecule has 2 nitrogen and oxygen atoms in total. The van der Waals surface area contributed by atoms with Crippen LogP contribution in [-0.2, 0) is 12.8 Å². The van der Waals surface area contributed by atoms with Gasteiger partial charge in [0.2, 0.25) is 4.71 Å². The number of H-pyrrole nitrogens is 1. The van der Waals surface area contributed by atoms with E-state index < -0.39 is 0 Å². The van der Waals surface area contributed by atoms with Crippen molar-refractivity contribution in [2.24, 2.45) is 5.92 Å². The molecule has 1 aromatic rings. The fraction of sp³-hybridized carbons (Fsp3) is 0.625. The minimum Gasteiger partial charge on any atom is -0.370 e. The number of aromatic nitrogens is 1. The zero-order valence-corrected chi connectivity index (χ0v) is 7.33. The average Bonchev–Trinajstić information content (AvgIpc) is 2.33. The lowest BCUT2D eigenvalue weighted by atomic mass is 9.89. The van der Waals surface area contributed by atoms with Gasteiger partial charge in [-0.3, -0.25) is 0 Å². The molecule has 1 heterocycles. The van der Waals surface area contributed by atoms with Crippen LogP contribution in [0.5, 0.6) is 0 Å². The number of fused-ring (bicyclic) bond motifs is 1. The van der Waals surface area contributed by atoms with Gasteiger partial charge >= 0.3 is 0 Å². The highest BCUT2D eigenvalue weighted by molar-refractivity contribution is 7.71. The van der Waals surface area contributed by atoms with Gasteiger partial charge in [-0.1, -0.05) is 6.92 Å². The second kappa shape index (κ2) is 2.48. The van der Waals surface area contributed by atoms with Gasteiger partial charge in [-0.2, -0.15) is 0 Å². The Morgan fingerprint density at radius 2 is 2.45 bits per heavy atom. The number of rotatable bonds is 0. The smallest absolute Gasteiger partial charge is 0.223 e. The van der Waals surface area contributed by atoms with Gasteiger partial charge in [-0.05, 0) is 37.4 Å². The van der Waals surface area contributed by atoms with Crippen LogP contribution in [0.3, 0.4) is 0 Å². The first-order valence-electron chi connectivity index (χ1n) is 3.96. The van der Waals surface area contributed by atoms with Crippen LogP contribution in [0.4, 0.5) is 0 Å². The Hall–Kier alpha value is -0.570. The van der Waals surface area contributed by atoms with E-state index in [4.69, 9.17) is 16.7 Å². The molecule has 0 spiro atoms. The maximum Gasteiger partial charge on any atom is 0.223 e. The number of aromatic amines is 1. The van der Waals surface area contributed by atoms with E-state index in [1.807, 2.05) is 0 Å². The SMILES string of the molecule is CC1CCc2[nH]oc(=S)c2C1. The summed E-state index contributed by atoms with van der Waals surface area (Å²) in [6, 6.07) is 0. The Morgan fingerprint density at radius 1 is 1.64 bits per heavy atom. The van der Waals surface area contributed by atoms with E-state index >= 15 is 0 Å². The molecule has 0 aromatic carbocycles. The summed E-state index contributed by atoms with van der Waals surface area (Å²) >= 11 is 5.03. The maximum absolute atomic E-state index is 5.06. The van der Waals surface area contributed by atoms with Crippen molar-refractivity contribution < 1.29 is 4.52 Å². The molecular weight excluding hydrogens is 158 g/mol. The molecule has 0 fully saturated rings. The average molecular weight is 169 g/mol. The number of hydrogen-bond acceptors (Lipinski definition) is 2. The molecule has 3 heteroatoms. The van der Waals surface area contributed by atoms with E-state index in [0.29, 0.717) is 4.71 Å². The summed E-state index contributed by atoms with van der Waals surface area (Å²) in [5.41, 5.74) is 2.45. The molecule has 1 unspecified atom stereocenters. The summed E-state index contributed by atoms with van der Waals surface area (Å²) < 4.78 is 5.71. The molecule has 60 valence electrons. The van der Waals surface area contributed by atoms with Crippen LogP contribution in [0, 0.1) is 10.6 Å².